The molecule has 0 radical (unpaired) electrons. The fraction of sp³-hybridized carbons (Fsp3) is 0.381. The molecule has 5 heteroatoms. The number of benzene rings is 2. The summed E-state index contributed by atoms with van der Waals surface area (Å²) in [6, 6.07) is 15.9. The number of rotatable bonds is 6. The van der Waals surface area contributed by atoms with Crippen molar-refractivity contribution >= 4 is 5.91 Å². The molecule has 1 amide bonds. The quantitative estimate of drug-likeness (QED) is 0.865. The van der Waals surface area contributed by atoms with E-state index in [2.05, 4.69) is 12.1 Å². The van der Waals surface area contributed by atoms with Gasteiger partial charge in [-0.1, -0.05) is 36.4 Å². The smallest absolute Gasteiger partial charge is 0.227 e. The van der Waals surface area contributed by atoms with E-state index >= 15 is 0 Å². The number of carbonyl (C=O) groups excluding carboxylic acids is 1. The van der Waals surface area contributed by atoms with E-state index in [0.29, 0.717) is 42.8 Å². The minimum atomic E-state index is 0.120. The van der Waals surface area contributed by atoms with Crippen LogP contribution in [0.25, 0.3) is 0 Å². The third-order valence-corrected chi connectivity index (χ3v) is 5.13. The van der Waals surface area contributed by atoms with E-state index in [9.17, 15) is 4.79 Å². The molecule has 5 nitrogen and oxygen atoms in total. The normalized spacial score (nSPS) is 19.4. The zero-order valence-electron chi connectivity index (χ0n) is 15.4. The molecule has 2 N–H and O–H groups in total. The maximum Gasteiger partial charge on any atom is 0.227 e. The summed E-state index contributed by atoms with van der Waals surface area (Å²) in [4.78, 5) is 14.8. The van der Waals surface area contributed by atoms with Crippen molar-refractivity contribution in [3.63, 3.8) is 0 Å². The summed E-state index contributed by atoms with van der Waals surface area (Å²) in [6.45, 7) is 2.01. The average Bonchev–Trinajstić information content (AvgIpc) is 3.13. The second-order valence-corrected chi connectivity index (χ2v) is 6.68. The van der Waals surface area contributed by atoms with Crippen LogP contribution in [0.4, 0.5) is 0 Å². The van der Waals surface area contributed by atoms with Gasteiger partial charge in [-0.05, 0) is 35.7 Å². The Bertz CT molecular complexity index is 748. The van der Waals surface area contributed by atoms with Crippen LogP contribution in [0.2, 0.25) is 0 Å². The number of methoxy groups -OCH3 is 2. The van der Waals surface area contributed by atoms with E-state index in [4.69, 9.17) is 15.2 Å². The van der Waals surface area contributed by atoms with Gasteiger partial charge in [-0.3, -0.25) is 4.79 Å². The van der Waals surface area contributed by atoms with E-state index in [1.54, 1.807) is 14.2 Å². The molecule has 1 fully saturated rings. The van der Waals surface area contributed by atoms with Crippen molar-refractivity contribution in [2.24, 2.45) is 11.7 Å². The maximum atomic E-state index is 12.8. The Balaban J connectivity index is 1.71. The molecule has 1 aliphatic rings. The van der Waals surface area contributed by atoms with E-state index in [1.165, 1.54) is 5.56 Å². The third-order valence-electron chi connectivity index (χ3n) is 5.13. The van der Waals surface area contributed by atoms with Gasteiger partial charge in [0.05, 0.1) is 20.6 Å². The molecule has 2 atom stereocenters. The number of ether oxygens (including phenoxy) is 2. The zero-order valence-corrected chi connectivity index (χ0v) is 15.4. The van der Waals surface area contributed by atoms with Crippen molar-refractivity contribution in [3.8, 4) is 11.5 Å². The van der Waals surface area contributed by atoms with Crippen LogP contribution >= 0.6 is 0 Å². The molecule has 3 rings (SSSR count). The molecular formula is C21H26N2O3. The molecule has 0 unspecified atom stereocenters. The molecule has 2 aromatic rings. The first-order chi connectivity index (χ1) is 12.7. The molecule has 1 heterocycles. The summed E-state index contributed by atoms with van der Waals surface area (Å²) in [6.07, 6.45) is 0.346. The lowest BCUT2D eigenvalue weighted by Crippen LogP contribution is -2.31. The van der Waals surface area contributed by atoms with Crippen LogP contribution in [0.1, 0.15) is 17.0 Å². The predicted octanol–water partition coefficient (Wildman–Crippen LogP) is 2.45. The van der Waals surface area contributed by atoms with Gasteiger partial charge in [-0.15, -0.1) is 0 Å². The van der Waals surface area contributed by atoms with E-state index in [1.807, 2.05) is 41.3 Å². The van der Waals surface area contributed by atoms with Crippen LogP contribution in [0.15, 0.2) is 48.5 Å². The molecule has 2 aromatic carbocycles. The highest BCUT2D eigenvalue weighted by molar-refractivity contribution is 5.79. The van der Waals surface area contributed by atoms with Crippen LogP contribution in [-0.2, 0) is 11.2 Å². The number of hydrogen-bond acceptors (Lipinski definition) is 4. The highest BCUT2D eigenvalue weighted by Gasteiger charge is 2.35. The molecule has 0 aromatic heterocycles. The Hall–Kier alpha value is -2.53. The Kier molecular flexibility index (Phi) is 5.78. The van der Waals surface area contributed by atoms with E-state index < -0.39 is 0 Å². The predicted molar refractivity (Wildman–Crippen MR) is 102 cm³/mol. The minimum absolute atomic E-state index is 0.120. The van der Waals surface area contributed by atoms with Crippen molar-refractivity contribution in [3.05, 3.63) is 59.7 Å². The first kappa shape index (κ1) is 18.3. The number of amides is 1. The van der Waals surface area contributed by atoms with Gasteiger partial charge in [0.15, 0.2) is 11.5 Å². The summed E-state index contributed by atoms with van der Waals surface area (Å²) >= 11 is 0. The standard InChI is InChI=1S/C21H26N2O3/c1-25-19-9-8-15(10-20(19)26-2)11-21(24)23-13-17(12-22)18(14-23)16-6-4-3-5-7-16/h3-10,17-18H,11-14,22H2,1-2H3/t17-,18+/m1/s1. The topological polar surface area (TPSA) is 64.8 Å². The van der Waals surface area contributed by atoms with Crippen molar-refractivity contribution in [2.75, 3.05) is 33.9 Å². The van der Waals surface area contributed by atoms with Crippen LogP contribution in [-0.4, -0.2) is 44.7 Å². The Morgan fingerprint density at radius 3 is 2.46 bits per heavy atom. The lowest BCUT2D eigenvalue weighted by atomic mass is 9.89. The van der Waals surface area contributed by atoms with Gasteiger partial charge in [-0.2, -0.15) is 0 Å². The summed E-state index contributed by atoms with van der Waals surface area (Å²) in [5.41, 5.74) is 8.15. The first-order valence-corrected chi connectivity index (χ1v) is 8.90. The van der Waals surface area contributed by atoms with Gasteiger partial charge >= 0.3 is 0 Å². The summed E-state index contributed by atoms with van der Waals surface area (Å²) in [5.74, 6) is 2.02. The van der Waals surface area contributed by atoms with Crippen molar-refractivity contribution in [2.45, 2.75) is 12.3 Å². The molecule has 1 aliphatic heterocycles. The van der Waals surface area contributed by atoms with Crippen molar-refractivity contribution in [1.82, 2.24) is 4.90 Å². The van der Waals surface area contributed by atoms with Crippen LogP contribution < -0.4 is 15.2 Å². The van der Waals surface area contributed by atoms with Crippen LogP contribution in [0.5, 0.6) is 11.5 Å². The first-order valence-electron chi connectivity index (χ1n) is 8.90. The highest BCUT2D eigenvalue weighted by atomic mass is 16.5. The van der Waals surface area contributed by atoms with Gasteiger partial charge in [-0.25, -0.2) is 0 Å². The number of carbonyl (C=O) groups is 1. The van der Waals surface area contributed by atoms with Gasteiger partial charge in [0.25, 0.3) is 0 Å². The third kappa shape index (κ3) is 3.83. The molecule has 0 bridgehead atoms. The Morgan fingerprint density at radius 2 is 1.81 bits per heavy atom. The fourth-order valence-corrected chi connectivity index (χ4v) is 3.67. The second-order valence-electron chi connectivity index (χ2n) is 6.68. The summed E-state index contributed by atoms with van der Waals surface area (Å²) in [7, 11) is 3.20. The molecule has 1 saturated heterocycles. The Morgan fingerprint density at radius 1 is 1.08 bits per heavy atom. The maximum absolute atomic E-state index is 12.8. The molecule has 0 spiro atoms. The lowest BCUT2D eigenvalue weighted by Gasteiger charge is -2.17. The number of likely N-dealkylation sites (tertiary alicyclic amines) is 1. The van der Waals surface area contributed by atoms with Crippen molar-refractivity contribution in [1.29, 1.82) is 0 Å². The van der Waals surface area contributed by atoms with E-state index in [0.717, 1.165) is 12.1 Å². The second kappa shape index (κ2) is 8.23. The van der Waals surface area contributed by atoms with Crippen LogP contribution in [0.3, 0.4) is 0 Å². The minimum Gasteiger partial charge on any atom is -0.493 e. The van der Waals surface area contributed by atoms with Gasteiger partial charge in [0.1, 0.15) is 0 Å². The number of nitrogens with two attached hydrogens (primary N) is 1. The SMILES string of the molecule is COc1ccc(CC(=O)N2C[C@@H](CN)[C@H](c3ccccc3)C2)cc1OC. The average molecular weight is 354 g/mol. The van der Waals surface area contributed by atoms with E-state index in [-0.39, 0.29) is 5.91 Å². The summed E-state index contributed by atoms with van der Waals surface area (Å²) in [5, 5.41) is 0. The number of nitrogens with zero attached hydrogens (tertiary/aromatic N) is 1. The molecule has 0 aliphatic carbocycles. The van der Waals surface area contributed by atoms with Gasteiger partial charge in [0, 0.05) is 19.0 Å². The summed E-state index contributed by atoms with van der Waals surface area (Å²) < 4.78 is 10.6. The van der Waals surface area contributed by atoms with Gasteiger partial charge < -0.3 is 20.1 Å². The monoisotopic (exact) mass is 354 g/mol. The molecule has 26 heavy (non-hydrogen) atoms. The fourth-order valence-electron chi connectivity index (χ4n) is 3.67. The molecular weight excluding hydrogens is 328 g/mol. The van der Waals surface area contributed by atoms with Crippen molar-refractivity contribution < 1.29 is 14.3 Å². The molecule has 0 saturated carbocycles. The van der Waals surface area contributed by atoms with Gasteiger partial charge in [0.2, 0.25) is 5.91 Å². The Labute approximate surface area is 154 Å². The highest BCUT2D eigenvalue weighted by Crippen LogP contribution is 2.33. The molecule has 138 valence electrons. The largest absolute Gasteiger partial charge is 0.493 e. The number of hydrogen-bond donors (Lipinski definition) is 1. The van der Waals surface area contributed by atoms with Crippen LogP contribution in [0, 0.1) is 5.92 Å². The zero-order chi connectivity index (χ0) is 18.5. The lowest BCUT2D eigenvalue weighted by molar-refractivity contribution is -0.129.